The van der Waals surface area contributed by atoms with E-state index in [2.05, 4.69) is 4.98 Å². The van der Waals surface area contributed by atoms with E-state index < -0.39 is 11.6 Å². The molecule has 0 aliphatic heterocycles. The van der Waals surface area contributed by atoms with Crippen molar-refractivity contribution < 1.29 is 8.78 Å². The van der Waals surface area contributed by atoms with Crippen LogP contribution in [0.2, 0.25) is 0 Å². The Kier molecular flexibility index (Phi) is 2.60. The number of benzene rings is 1. The van der Waals surface area contributed by atoms with E-state index in [1.165, 1.54) is 0 Å². The minimum atomic E-state index is -0.465. The third kappa shape index (κ3) is 1.88. The van der Waals surface area contributed by atoms with Crippen molar-refractivity contribution in [1.29, 1.82) is 0 Å². The van der Waals surface area contributed by atoms with Gasteiger partial charge in [-0.25, -0.2) is 13.8 Å². The van der Waals surface area contributed by atoms with Gasteiger partial charge in [0.05, 0.1) is 12.7 Å². The van der Waals surface area contributed by atoms with E-state index in [1.807, 2.05) is 0 Å². The van der Waals surface area contributed by atoms with Crippen LogP contribution in [0.1, 0.15) is 11.3 Å². The standard InChI is InChI=1S/C11H11F2N3/c1-7-5-15-11(14)16(7)6-8-4-9(12)2-3-10(8)13/h2-5H,6H2,1H3,(H2,14,15). The number of hydrogen-bond acceptors (Lipinski definition) is 2. The van der Waals surface area contributed by atoms with Crippen molar-refractivity contribution in [3.63, 3.8) is 0 Å². The number of nitrogen functional groups attached to an aromatic ring is 1. The summed E-state index contributed by atoms with van der Waals surface area (Å²) in [5.41, 5.74) is 6.68. The molecule has 5 heteroatoms. The van der Waals surface area contributed by atoms with Crippen molar-refractivity contribution in [3.8, 4) is 0 Å². The van der Waals surface area contributed by atoms with Gasteiger partial charge in [0.15, 0.2) is 0 Å². The lowest BCUT2D eigenvalue weighted by Gasteiger charge is -2.08. The van der Waals surface area contributed by atoms with Gasteiger partial charge >= 0.3 is 0 Å². The molecule has 2 rings (SSSR count). The Hall–Kier alpha value is -1.91. The summed E-state index contributed by atoms with van der Waals surface area (Å²) in [5.74, 6) is -0.622. The molecule has 0 saturated carbocycles. The predicted octanol–water partition coefficient (Wildman–Crippen LogP) is 2.10. The van der Waals surface area contributed by atoms with Crippen molar-refractivity contribution in [2.75, 3.05) is 5.73 Å². The first kappa shape index (κ1) is 10.6. The fraction of sp³-hybridized carbons (Fsp3) is 0.182. The van der Waals surface area contributed by atoms with Crippen LogP contribution in [0.4, 0.5) is 14.7 Å². The van der Waals surface area contributed by atoms with Crippen LogP contribution in [0.3, 0.4) is 0 Å². The molecule has 0 unspecified atom stereocenters. The molecule has 1 heterocycles. The third-order valence-corrected chi connectivity index (χ3v) is 2.42. The van der Waals surface area contributed by atoms with Gasteiger partial charge in [0.1, 0.15) is 11.6 Å². The fourth-order valence-electron chi connectivity index (χ4n) is 1.52. The number of nitrogens with two attached hydrogens (primary N) is 1. The maximum Gasteiger partial charge on any atom is 0.200 e. The number of rotatable bonds is 2. The third-order valence-electron chi connectivity index (χ3n) is 2.42. The van der Waals surface area contributed by atoms with Gasteiger partial charge in [0.25, 0.3) is 0 Å². The summed E-state index contributed by atoms with van der Waals surface area (Å²) in [6.45, 7) is 1.99. The summed E-state index contributed by atoms with van der Waals surface area (Å²) in [7, 11) is 0. The molecule has 3 nitrogen and oxygen atoms in total. The maximum atomic E-state index is 13.4. The summed E-state index contributed by atoms with van der Waals surface area (Å²) in [4.78, 5) is 3.89. The van der Waals surface area contributed by atoms with Gasteiger partial charge in [-0.3, -0.25) is 0 Å². The monoisotopic (exact) mass is 223 g/mol. The van der Waals surface area contributed by atoms with Crippen LogP contribution in [0.25, 0.3) is 0 Å². The average Bonchev–Trinajstić information content (AvgIpc) is 2.55. The minimum Gasteiger partial charge on any atom is -0.369 e. The number of imidazole rings is 1. The van der Waals surface area contributed by atoms with Crippen molar-refractivity contribution in [2.24, 2.45) is 0 Å². The van der Waals surface area contributed by atoms with Crippen LogP contribution < -0.4 is 5.73 Å². The number of aromatic nitrogens is 2. The molecule has 2 aromatic rings. The molecule has 0 atom stereocenters. The zero-order valence-corrected chi connectivity index (χ0v) is 8.74. The van der Waals surface area contributed by atoms with Crippen LogP contribution in [-0.2, 0) is 6.54 Å². The van der Waals surface area contributed by atoms with Gasteiger partial charge in [-0.1, -0.05) is 0 Å². The van der Waals surface area contributed by atoms with Gasteiger partial charge in [-0.05, 0) is 25.1 Å². The second kappa shape index (κ2) is 3.92. The molecule has 0 aliphatic rings. The topological polar surface area (TPSA) is 43.8 Å². The summed E-state index contributed by atoms with van der Waals surface area (Å²) < 4.78 is 28.0. The van der Waals surface area contributed by atoms with Crippen molar-refractivity contribution in [2.45, 2.75) is 13.5 Å². The Balaban J connectivity index is 2.37. The minimum absolute atomic E-state index is 0.182. The average molecular weight is 223 g/mol. The SMILES string of the molecule is Cc1cnc(N)n1Cc1cc(F)ccc1F. The lowest BCUT2D eigenvalue weighted by Crippen LogP contribution is -2.07. The first-order valence-corrected chi connectivity index (χ1v) is 4.79. The van der Waals surface area contributed by atoms with Gasteiger partial charge < -0.3 is 10.3 Å². The molecule has 0 spiro atoms. The predicted molar refractivity (Wildman–Crippen MR) is 56.8 cm³/mol. The van der Waals surface area contributed by atoms with E-state index >= 15 is 0 Å². The van der Waals surface area contributed by atoms with Crippen LogP contribution in [0, 0.1) is 18.6 Å². The molecule has 0 amide bonds. The zero-order chi connectivity index (χ0) is 11.7. The van der Waals surface area contributed by atoms with Crippen LogP contribution in [0.15, 0.2) is 24.4 Å². The molecule has 84 valence electrons. The van der Waals surface area contributed by atoms with Crippen molar-refractivity contribution in [1.82, 2.24) is 9.55 Å². The van der Waals surface area contributed by atoms with E-state index in [4.69, 9.17) is 5.73 Å². The van der Waals surface area contributed by atoms with Gasteiger partial charge in [-0.2, -0.15) is 0 Å². The summed E-state index contributed by atoms with van der Waals surface area (Å²) in [6.07, 6.45) is 1.59. The van der Waals surface area contributed by atoms with Crippen LogP contribution in [-0.4, -0.2) is 9.55 Å². The second-order valence-corrected chi connectivity index (χ2v) is 3.58. The number of anilines is 1. The first-order valence-electron chi connectivity index (χ1n) is 4.79. The number of aryl methyl sites for hydroxylation is 1. The molecule has 2 N–H and O–H groups in total. The van der Waals surface area contributed by atoms with Crippen molar-refractivity contribution in [3.05, 3.63) is 47.3 Å². The Bertz CT molecular complexity index is 500. The summed E-state index contributed by atoms with van der Waals surface area (Å²) in [6, 6.07) is 3.35. The number of halogens is 2. The fourth-order valence-corrected chi connectivity index (χ4v) is 1.52. The van der Waals surface area contributed by atoms with E-state index in [1.54, 1.807) is 17.7 Å². The molecule has 0 radical (unpaired) electrons. The molecular formula is C11H11F2N3. The van der Waals surface area contributed by atoms with Crippen molar-refractivity contribution >= 4 is 5.95 Å². The van der Waals surface area contributed by atoms with Crippen LogP contribution >= 0.6 is 0 Å². The highest BCUT2D eigenvalue weighted by atomic mass is 19.1. The highest BCUT2D eigenvalue weighted by Gasteiger charge is 2.08. The second-order valence-electron chi connectivity index (χ2n) is 3.58. The molecule has 0 bridgehead atoms. The Labute approximate surface area is 91.5 Å². The van der Waals surface area contributed by atoms with Gasteiger partial charge in [0.2, 0.25) is 5.95 Å². The van der Waals surface area contributed by atoms with Gasteiger partial charge in [-0.15, -0.1) is 0 Å². The molecule has 16 heavy (non-hydrogen) atoms. The van der Waals surface area contributed by atoms with E-state index in [0.29, 0.717) is 5.95 Å². The van der Waals surface area contributed by atoms with E-state index in [-0.39, 0.29) is 12.1 Å². The molecule has 1 aromatic heterocycles. The van der Waals surface area contributed by atoms with Gasteiger partial charge in [0, 0.05) is 11.3 Å². The smallest absolute Gasteiger partial charge is 0.200 e. The maximum absolute atomic E-state index is 13.4. The molecule has 0 aliphatic carbocycles. The number of hydrogen-bond donors (Lipinski definition) is 1. The van der Waals surface area contributed by atoms with E-state index in [0.717, 1.165) is 23.9 Å². The largest absolute Gasteiger partial charge is 0.369 e. The highest BCUT2D eigenvalue weighted by molar-refractivity contribution is 5.26. The number of nitrogens with zero attached hydrogens (tertiary/aromatic N) is 2. The molecular weight excluding hydrogens is 212 g/mol. The molecule has 0 saturated heterocycles. The molecule has 0 fully saturated rings. The Morgan fingerprint density at radius 2 is 2.12 bits per heavy atom. The highest BCUT2D eigenvalue weighted by Crippen LogP contribution is 2.14. The first-order chi connectivity index (χ1) is 7.58. The molecule has 1 aromatic carbocycles. The Morgan fingerprint density at radius 3 is 2.75 bits per heavy atom. The Morgan fingerprint density at radius 1 is 1.38 bits per heavy atom. The summed E-state index contributed by atoms with van der Waals surface area (Å²) in [5, 5.41) is 0. The summed E-state index contributed by atoms with van der Waals surface area (Å²) >= 11 is 0. The quantitative estimate of drug-likeness (QED) is 0.847. The van der Waals surface area contributed by atoms with Crippen LogP contribution in [0.5, 0.6) is 0 Å². The lowest BCUT2D eigenvalue weighted by molar-refractivity contribution is 0.576. The van der Waals surface area contributed by atoms with E-state index in [9.17, 15) is 8.78 Å². The zero-order valence-electron chi connectivity index (χ0n) is 8.74. The lowest BCUT2D eigenvalue weighted by atomic mass is 10.2. The normalized spacial score (nSPS) is 10.7.